The van der Waals surface area contributed by atoms with E-state index < -0.39 is 47.7 Å². The van der Waals surface area contributed by atoms with Crippen LogP contribution in [-0.2, 0) is 27.2 Å². The molecule has 5 N–H and O–H groups in total. The fourth-order valence-corrected chi connectivity index (χ4v) is 6.20. The van der Waals surface area contributed by atoms with Crippen LogP contribution in [0.25, 0.3) is 0 Å². The highest BCUT2D eigenvalue weighted by Crippen LogP contribution is 2.30. The van der Waals surface area contributed by atoms with Crippen molar-refractivity contribution in [2.75, 3.05) is 0 Å². The number of hydrogen-bond acceptors (Lipinski definition) is 6. The third kappa shape index (κ3) is 13.3. The van der Waals surface area contributed by atoms with Gasteiger partial charge in [0.25, 0.3) is 0 Å². The molecule has 0 radical (unpaired) electrons. The first-order valence-electron chi connectivity index (χ1n) is 16.9. The molecule has 11 heteroatoms. The van der Waals surface area contributed by atoms with Crippen LogP contribution in [0.15, 0.2) is 49.4 Å². The summed E-state index contributed by atoms with van der Waals surface area (Å²) in [6.45, 7) is 13.4. The Bertz CT molecular complexity index is 1270. The van der Waals surface area contributed by atoms with Crippen LogP contribution >= 0.6 is 11.6 Å². The standard InChI is InChI=1S/C36H54ClN5O5/c1-7-26(23(2)3)19-32(43)29(17-24-11-9-8-10-12-24)40-34(45)31(20-28-21-38-22-39-28)41-33(44)30(42-35(46)47-36(4,5)6)18-25-13-15-27(37)16-14-25/h7,13-16,21-24,26,29-32,43H,1,8-12,17-20H2,2-6H3,(H,38,39)(H,40,45)(H,41,44)(H,42,46)/t26-,29-,30-,31-,32-/m0/s1. The van der Waals surface area contributed by atoms with Gasteiger partial charge in [-0.2, -0.15) is 0 Å². The molecule has 260 valence electrons. The van der Waals surface area contributed by atoms with Gasteiger partial charge in [0.1, 0.15) is 17.7 Å². The topological polar surface area (TPSA) is 145 Å². The maximum absolute atomic E-state index is 14.1. The number of aliphatic hydroxyl groups excluding tert-OH is 1. The average molecular weight is 672 g/mol. The summed E-state index contributed by atoms with van der Waals surface area (Å²) in [5, 5.41) is 20.7. The number of nitrogens with zero attached hydrogens (tertiary/aromatic N) is 1. The van der Waals surface area contributed by atoms with Crippen LogP contribution < -0.4 is 16.0 Å². The minimum atomic E-state index is -1.05. The number of alkyl carbamates (subject to hydrolysis) is 1. The second kappa shape index (κ2) is 18.2. The van der Waals surface area contributed by atoms with E-state index in [1.165, 1.54) is 12.7 Å². The Balaban J connectivity index is 1.85. The summed E-state index contributed by atoms with van der Waals surface area (Å²) in [7, 11) is 0. The Morgan fingerprint density at radius 1 is 1.04 bits per heavy atom. The molecular formula is C36H54ClN5O5. The number of aromatic amines is 1. The van der Waals surface area contributed by atoms with E-state index in [9.17, 15) is 19.5 Å². The Labute approximate surface area is 284 Å². The van der Waals surface area contributed by atoms with Crippen LogP contribution in [0.3, 0.4) is 0 Å². The van der Waals surface area contributed by atoms with Gasteiger partial charge in [0.15, 0.2) is 0 Å². The Morgan fingerprint density at radius 3 is 2.26 bits per heavy atom. The van der Waals surface area contributed by atoms with Crippen molar-refractivity contribution in [3.05, 3.63) is 65.7 Å². The average Bonchev–Trinajstić information content (AvgIpc) is 3.52. The number of H-pyrrole nitrogens is 1. The molecule has 1 heterocycles. The van der Waals surface area contributed by atoms with Crippen molar-refractivity contribution < 1.29 is 24.2 Å². The highest BCUT2D eigenvalue weighted by molar-refractivity contribution is 6.30. The molecule has 0 bridgehead atoms. The predicted molar refractivity (Wildman–Crippen MR) is 185 cm³/mol. The lowest BCUT2D eigenvalue weighted by molar-refractivity contribution is -0.131. The van der Waals surface area contributed by atoms with Gasteiger partial charge in [-0.3, -0.25) is 9.59 Å². The van der Waals surface area contributed by atoms with Gasteiger partial charge in [-0.1, -0.05) is 75.8 Å². The van der Waals surface area contributed by atoms with Crippen LogP contribution in [0.4, 0.5) is 4.79 Å². The Morgan fingerprint density at radius 2 is 1.68 bits per heavy atom. The summed E-state index contributed by atoms with van der Waals surface area (Å²) in [6.07, 6.45) is 10.4. The molecule has 0 saturated heterocycles. The largest absolute Gasteiger partial charge is 0.444 e. The van der Waals surface area contributed by atoms with Gasteiger partial charge in [0, 0.05) is 29.8 Å². The molecule has 5 atom stereocenters. The summed E-state index contributed by atoms with van der Waals surface area (Å²) in [4.78, 5) is 47.8. The first-order valence-corrected chi connectivity index (χ1v) is 17.2. The zero-order valence-corrected chi connectivity index (χ0v) is 29.3. The summed E-state index contributed by atoms with van der Waals surface area (Å²) in [6, 6.07) is 4.41. The smallest absolute Gasteiger partial charge is 0.408 e. The zero-order chi connectivity index (χ0) is 34.6. The van der Waals surface area contributed by atoms with Crippen LogP contribution in [0, 0.1) is 17.8 Å². The van der Waals surface area contributed by atoms with Gasteiger partial charge in [0.05, 0.1) is 18.5 Å². The Hall–Kier alpha value is -3.37. The minimum absolute atomic E-state index is 0.0869. The van der Waals surface area contributed by atoms with E-state index in [4.69, 9.17) is 16.3 Å². The number of ether oxygens (including phenoxy) is 1. The SMILES string of the molecule is C=C[C@@H](C[C@H](O)[C@H](CC1CCCCC1)NC(=O)[C@H](Cc1cnc[nH]1)NC(=O)[C@H](Cc1ccc(Cl)cc1)NC(=O)OC(C)(C)C)C(C)C. The molecule has 0 aliphatic heterocycles. The predicted octanol–water partition coefficient (Wildman–Crippen LogP) is 5.89. The van der Waals surface area contributed by atoms with Crippen LogP contribution in [0.1, 0.15) is 90.8 Å². The van der Waals surface area contributed by atoms with Gasteiger partial charge in [0.2, 0.25) is 11.8 Å². The van der Waals surface area contributed by atoms with Crippen LogP contribution in [-0.4, -0.2) is 62.8 Å². The number of imidazole rings is 1. The van der Waals surface area contributed by atoms with E-state index in [2.05, 4.69) is 46.3 Å². The lowest BCUT2D eigenvalue weighted by Gasteiger charge is -2.33. The number of aromatic nitrogens is 2. The number of rotatable bonds is 16. The molecule has 3 rings (SSSR count). The molecule has 0 unspecified atom stereocenters. The highest BCUT2D eigenvalue weighted by atomic mass is 35.5. The number of halogens is 1. The monoisotopic (exact) mass is 671 g/mol. The zero-order valence-electron chi connectivity index (χ0n) is 28.6. The number of carbonyl (C=O) groups excluding carboxylic acids is 3. The molecule has 1 aromatic heterocycles. The molecular weight excluding hydrogens is 618 g/mol. The molecule has 2 aromatic rings. The fraction of sp³-hybridized carbons (Fsp3) is 0.611. The summed E-state index contributed by atoms with van der Waals surface area (Å²) in [5.41, 5.74) is 0.636. The van der Waals surface area contributed by atoms with E-state index in [0.29, 0.717) is 29.5 Å². The lowest BCUT2D eigenvalue weighted by Crippen LogP contribution is -2.57. The van der Waals surface area contributed by atoms with Crippen molar-refractivity contribution in [3.63, 3.8) is 0 Å². The van der Waals surface area contributed by atoms with Gasteiger partial charge in [-0.05, 0) is 69.1 Å². The number of hydrogen-bond donors (Lipinski definition) is 5. The van der Waals surface area contributed by atoms with Crippen molar-refractivity contribution >= 4 is 29.5 Å². The molecule has 1 aliphatic carbocycles. The number of benzene rings is 1. The van der Waals surface area contributed by atoms with E-state index in [-0.39, 0.29) is 24.7 Å². The van der Waals surface area contributed by atoms with Crippen molar-refractivity contribution in [2.24, 2.45) is 17.8 Å². The maximum Gasteiger partial charge on any atom is 0.408 e. The molecule has 1 saturated carbocycles. The molecule has 47 heavy (non-hydrogen) atoms. The van der Waals surface area contributed by atoms with Crippen molar-refractivity contribution in [1.29, 1.82) is 0 Å². The third-order valence-corrected chi connectivity index (χ3v) is 9.00. The minimum Gasteiger partial charge on any atom is -0.444 e. The van der Waals surface area contributed by atoms with Crippen molar-refractivity contribution in [3.8, 4) is 0 Å². The maximum atomic E-state index is 14.1. The van der Waals surface area contributed by atoms with Crippen LogP contribution in [0.5, 0.6) is 0 Å². The summed E-state index contributed by atoms with van der Waals surface area (Å²) >= 11 is 6.07. The Kier molecular flexibility index (Phi) is 14.8. The second-order valence-corrected chi connectivity index (χ2v) is 14.6. The van der Waals surface area contributed by atoms with Gasteiger partial charge in [-0.15, -0.1) is 6.58 Å². The molecule has 0 spiro atoms. The fourth-order valence-electron chi connectivity index (χ4n) is 6.07. The highest BCUT2D eigenvalue weighted by Gasteiger charge is 2.33. The van der Waals surface area contributed by atoms with Crippen molar-refractivity contribution in [1.82, 2.24) is 25.9 Å². The molecule has 3 amide bonds. The molecule has 1 aliphatic rings. The number of nitrogens with one attached hydrogen (secondary N) is 4. The normalized spacial score (nSPS) is 17.2. The lowest BCUT2D eigenvalue weighted by atomic mass is 9.81. The number of aliphatic hydroxyl groups is 1. The van der Waals surface area contributed by atoms with E-state index in [1.54, 1.807) is 51.2 Å². The first-order chi connectivity index (χ1) is 22.2. The second-order valence-electron chi connectivity index (χ2n) is 14.2. The van der Waals surface area contributed by atoms with E-state index in [1.807, 2.05) is 6.08 Å². The summed E-state index contributed by atoms with van der Waals surface area (Å²) < 4.78 is 5.44. The number of carbonyl (C=O) groups is 3. The van der Waals surface area contributed by atoms with Gasteiger partial charge in [-0.25, -0.2) is 9.78 Å². The van der Waals surface area contributed by atoms with E-state index in [0.717, 1.165) is 31.2 Å². The number of allylic oxidation sites excluding steroid dienone is 1. The molecule has 10 nitrogen and oxygen atoms in total. The van der Waals surface area contributed by atoms with Gasteiger partial charge >= 0.3 is 6.09 Å². The molecule has 1 aromatic carbocycles. The first kappa shape index (κ1) is 38.1. The quantitative estimate of drug-likeness (QED) is 0.141. The molecule has 1 fully saturated rings. The van der Waals surface area contributed by atoms with Crippen LogP contribution in [0.2, 0.25) is 5.02 Å². The third-order valence-electron chi connectivity index (χ3n) is 8.75. The van der Waals surface area contributed by atoms with Crippen molar-refractivity contribution in [2.45, 2.75) is 122 Å². The van der Waals surface area contributed by atoms with E-state index >= 15 is 0 Å². The van der Waals surface area contributed by atoms with Gasteiger partial charge < -0.3 is 30.8 Å². The summed E-state index contributed by atoms with van der Waals surface area (Å²) in [5.74, 6) is -0.205. The number of amides is 3.